The first-order valence-electron chi connectivity index (χ1n) is 6.14. The molecule has 0 aliphatic heterocycles. The first-order chi connectivity index (χ1) is 6.83. The third-order valence-electron chi connectivity index (χ3n) is 2.84. The summed E-state index contributed by atoms with van der Waals surface area (Å²) in [5.41, 5.74) is 0. The fourth-order valence-corrected chi connectivity index (χ4v) is 2.30. The van der Waals surface area contributed by atoms with Gasteiger partial charge in [0.2, 0.25) is 0 Å². The van der Waals surface area contributed by atoms with Crippen LogP contribution in [0.4, 0.5) is 0 Å². The van der Waals surface area contributed by atoms with Gasteiger partial charge in [0, 0.05) is 6.04 Å². The summed E-state index contributed by atoms with van der Waals surface area (Å²) in [4.78, 5) is 0. The van der Waals surface area contributed by atoms with Crippen molar-refractivity contribution in [3.05, 3.63) is 0 Å². The minimum atomic E-state index is 0.887. The Morgan fingerprint density at radius 2 is 2.14 bits per heavy atom. The van der Waals surface area contributed by atoms with E-state index in [-0.39, 0.29) is 0 Å². The van der Waals surface area contributed by atoms with Crippen molar-refractivity contribution in [3.8, 4) is 0 Å². The van der Waals surface area contributed by atoms with E-state index in [2.05, 4.69) is 30.9 Å². The molecule has 1 rings (SSSR count). The molecule has 1 aliphatic rings. The maximum absolute atomic E-state index is 3.58. The summed E-state index contributed by atoms with van der Waals surface area (Å²) >= 11 is 2.07. The molecule has 1 saturated carbocycles. The van der Waals surface area contributed by atoms with Crippen LogP contribution >= 0.6 is 11.8 Å². The van der Waals surface area contributed by atoms with Crippen molar-refractivity contribution in [2.45, 2.75) is 52.0 Å². The summed E-state index contributed by atoms with van der Waals surface area (Å²) in [6.45, 7) is 5.88. The van der Waals surface area contributed by atoms with E-state index in [9.17, 15) is 0 Å². The molecule has 1 unspecified atom stereocenters. The Morgan fingerprint density at radius 1 is 1.36 bits per heavy atom. The van der Waals surface area contributed by atoms with Crippen LogP contribution in [-0.4, -0.2) is 24.1 Å². The molecular formula is C12H25NS. The molecular weight excluding hydrogens is 190 g/mol. The van der Waals surface area contributed by atoms with Gasteiger partial charge in [-0.15, -0.1) is 0 Å². The lowest BCUT2D eigenvalue weighted by atomic mass is 10.0. The van der Waals surface area contributed by atoms with Crippen LogP contribution in [0.15, 0.2) is 0 Å². The normalized spacial score (nSPS) is 18.4. The second-order valence-electron chi connectivity index (χ2n) is 4.46. The van der Waals surface area contributed by atoms with Gasteiger partial charge < -0.3 is 5.32 Å². The Kier molecular flexibility index (Phi) is 6.70. The van der Waals surface area contributed by atoms with E-state index in [0.29, 0.717) is 0 Å². The average Bonchev–Trinajstić information content (AvgIpc) is 2.96. The van der Waals surface area contributed by atoms with Gasteiger partial charge in [0.05, 0.1) is 0 Å². The van der Waals surface area contributed by atoms with Crippen LogP contribution in [0.1, 0.15) is 46.0 Å². The number of rotatable bonds is 9. The van der Waals surface area contributed by atoms with Crippen molar-refractivity contribution < 1.29 is 0 Å². The molecule has 14 heavy (non-hydrogen) atoms. The molecule has 0 spiro atoms. The monoisotopic (exact) mass is 215 g/mol. The molecule has 1 fully saturated rings. The molecule has 0 heterocycles. The van der Waals surface area contributed by atoms with Gasteiger partial charge in [-0.05, 0) is 56.1 Å². The second-order valence-corrected chi connectivity index (χ2v) is 5.86. The molecule has 1 nitrogen and oxygen atoms in total. The average molecular weight is 215 g/mol. The van der Waals surface area contributed by atoms with Crippen molar-refractivity contribution in [1.29, 1.82) is 0 Å². The fourth-order valence-electron chi connectivity index (χ4n) is 1.64. The van der Waals surface area contributed by atoms with E-state index in [4.69, 9.17) is 0 Å². The number of hydrogen-bond donors (Lipinski definition) is 1. The van der Waals surface area contributed by atoms with Crippen molar-refractivity contribution in [2.24, 2.45) is 5.92 Å². The Balaban J connectivity index is 1.79. The lowest BCUT2D eigenvalue weighted by Gasteiger charge is -2.11. The summed E-state index contributed by atoms with van der Waals surface area (Å²) < 4.78 is 0. The van der Waals surface area contributed by atoms with Crippen LogP contribution in [0.25, 0.3) is 0 Å². The van der Waals surface area contributed by atoms with Gasteiger partial charge in [-0.2, -0.15) is 11.8 Å². The van der Waals surface area contributed by atoms with Gasteiger partial charge in [0.15, 0.2) is 0 Å². The molecule has 0 radical (unpaired) electrons. The molecule has 1 aliphatic carbocycles. The molecule has 0 aromatic rings. The Labute approximate surface area is 93.4 Å². The van der Waals surface area contributed by atoms with Gasteiger partial charge in [-0.25, -0.2) is 0 Å². The number of nitrogens with one attached hydrogen (secondary N) is 1. The molecule has 2 heteroatoms. The standard InChI is InChI=1S/C12H25NS/c1-3-14-10-4-5-11(2)8-9-13-12-6-7-12/h11-13H,3-10H2,1-2H3. The summed E-state index contributed by atoms with van der Waals surface area (Å²) in [5.74, 6) is 3.55. The lowest BCUT2D eigenvalue weighted by molar-refractivity contribution is 0.466. The molecule has 0 bridgehead atoms. The van der Waals surface area contributed by atoms with Crippen LogP contribution in [0.2, 0.25) is 0 Å². The van der Waals surface area contributed by atoms with Crippen molar-refractivity contribution in [3.63, 3.8) is 0 Å². The maximum Gasteiger partial charge on any atom is 0.00682 e. The summed E-state index contributed by atoms with van der Waals surface area (Å²) in [7, 11) is 0. The predicted octanol–water partition coefficient (Wildman–Crippen LogP) is 3.30. The third kappa shape index (κ3) is 6.72. The van der Waals surface area contributed by atoms with Crippen LogP contribution in [0.5, 0.6) is 0 Å². The van der Waals surface area contributed by atoms with Crippen LogP contribution in [-0.2, 0) is 0 Å². The van der Waals surface area contributed by atoms with Crippen LogP contribution < -0.4 is 5.32 Å². The predicted molar refractivity (Wildman–Crippen MR) is 67.0 cm³/mol. The van der Waals surface area contributed by atoms with E-state index in [0.717, 1.165) is 12.0 Å². The lowest BCUT2D eigenvalue weighted by Crippen LogP contribution is -2.19. The summed E-state index contributed by atoms with van der Waals surface area (Å²) in [5, 5.41) is 3.58. The van der Waals surface area contributed by atoms with E-state index in [1.165, 1.54) is 50.2 Å². The van der Waals surface area contributed by atoms with Gasteiger partial charge in [-0.3, -0.25) is 0 Å². The van der Waals surface area contributed by atoms with E-state index in [1.54, 1.807) is 0 Å². The molecule has 1 N–H and O–H groups in total. The zero-order valence-electron chi connectivity index (χ0n) is 9.72. The van der Waals surface area contributed by atoms with Crippen LogP contribution in [0, 0.1) is 5.92 Å². The Morgan fingerprint density at radius 3 is 2.79 bits per heavy atom. The molecule has 0 saturated heterocycles. The van der Waals surface area contributed by atoms with Gasteiger partial charge in [-0.1, -0.05) is 13.8 Å². The quantitative estimate of drug-likeness (QED) is 0.592. The fraction of sp³-hybridized carbons (Fsp3) is 1.00. The highest BCUT2D eigenvalue weighted by atomic mass is 32.2. The highest BCUT2D eigenvalue weighted by molar-refractivity contribution is 7.99. The number of thioether (sulfide) groups is 1. The molecule has 1 atom stereocenters. The highest BCUT2D eigenvalue weighted by Crippen LogP contribution is 2.19. The zero-order valence-corrected chi connectivity index (χ0v) is 10.5. The van der Waals surface area contributed by atoms with Gasteiger partial charge >= 0.3 is 0 Å². The Hall–Kier alpha value is 0.310. The van der Waals surface area contributed by atoms with Gasteiger partial charge in [0.25, 0.3) is 0 Å². The van der Waals surface area contributed by atoms with Gasteiger partial charge in [0.1, 0.15) is 0 Å². The summed E-state index contributed by atoms with van der Waals surface area (Å²) in [6, 6.07) is 0.887. The molecule has 0 aromatic carbocycles. The van der Waals surface area contributed by atoms with Crippen molar-refractivity contribution in [1.82, 2.24) is 5.32 Å². The Bertz CT molecular complexity index is 134. The zero-order chi connectivity index (χ0) is 10.2. The maximum atomic E-state index is 3.58. The molecule has 84 valence electrons. The minimum Gasteiger partial charge on any atom is -0.314 e. The molecule has 0 amide bonds. The first-order valence-corrected chi connectivity index (χ1v) is 7.29. The topological polar surface area (TPSA) is 12.0 Å². The smallest absolute Gasteiger partial charge is 0.00682 e. The van der Waals surface area contributed by atoms with Crippen molar-refractivity contribution >= 4 is 11.8 Å². The van der Waals surface area contributed by atoms with Crippen LogP contribution in [0.3, 0.4) is 0 Å². The molecule has 0 aromatic heterocycles. The third-order valence-corrected chi connectivity index (χ3v) is 3.82. The SMILES string of the molecule is CCSCCCC(C)CCNC1CC1. The largest absolute Gasteiger partial charge is 0.314 e. The first kappa shape index (κ1) is 12.4. The van der Waals surface area contributed by atoms with Crippen molar-refractivity contribution in [2.75, 3.05) is 18.1 Å². The van der Waals surface area contributed by atoms with E-state index in [1.807, 2.05) is 0 Å². The minimum absolute atomic E-state index is 0.887. The second kappa shape index (κ2) is 7.58. The summed E-state index contributed by atoms with van der Waals surface area (Å²) in [6.07, 6.45) is 7.03. The number of hydrogen-bond acceptors (Lipinski definition) is 2. The highest BCUT2D eigenvalue weighted by Gasteiger charge is 2.19. The van der Waals surface area contributed by atoms with E-state index >= 15 is 0 Å². The van der Waals surface area contributed by atoms with E-state index < -0.39 is 0 Å².